The van der Waals surface area contributed by atoms with Crippen molar-refractivity contribution in [1.29, 1.82) is 0 Å². The van der Waals surface area contributed by atoms with E-state index in [1.54, 1.807) is 0 Å². The molecule has 0 N–H and O–H groups in total. The lowest BCUT2D eigenvalue weighted by molar-refractivity contribution is 0.235. The maximum atomic E-state index is 3.71. The summed E-state index contributed by atoms with van der Waals surface area (Å²) in [7, 11) is 0. The lowest BCUT2D eigenvalue weighted by Gasteiger charge is -2.43. The maximum Gasteiger partial charge on any atom is 0.0266 e. The fourth-order valence-corrected chi connectivity index (χ4v) is 5.25. The molecule has 0 radical (unpaired) electrons. The van der Waals surface area contributed by atoms with E-state index in [1.807, 2.05) is 0 Å². The van der Waals surface area contributed by atoms with Crippen LogP contribution in [0.3, 0.4) is 0 Å². The zero-order valence-electron chi connectivity index (χ0n) is 14.3. The third-order valence-corrected chi connectivity index (χ3v) is 6.91. The Morgan fingerprint density at radius 3 is 1.52 bits per heavy atom. The summed E-state index contributed by atoms with van der Waals surface area (Å²) >= 11 is 7.42. The van der Waals surface area contributed by atoms with Crippen LogP contribution in [-0.4, -0.2) is 0 Å². The van der Waals surface area contributed by atoms with Crippen LogP contribution in [0, 0.1) is 11.8 Å². The lowest BCUT2D eigenvalue weighted by Crippen LogP contribution is -2.39. The van der Waals surface area contributed by atoms with Crippen molar-refractivity contribution in [3.63, 3.8) is 0 Å². The van der Waals surface area contributed by atoms with Crippen LogP contribution in [0.5, 0.6) is 0 Å². The van der Waals surface area contributed by atoms with E-state index >= 15 is 0 Å². The molecular formula is C21H24Br2. The first-order chi connectivity index (χ1) is 11.0. The number of rotatable bonds is 4. The van der Waals surface area contributed by atoms with Crippen LogP contribution in [0.4, 0.5) is 0 Å². The van der Waals surface area contributed by atoms with Crippen molar-refractivity contribution >= 4 is 31.9 Å². The fraction of sp³-hybridized carbons (Fsp3) is 0.429. The van der Waals surface area contributed by atoms with Gasteiger partial charge in [-0.1, -0.05) is 84.5 Å². The van der Waals surface area contributed by atoms with Crippen LogP contribution in [0.15, 0.2) is 45.3 Å². The summed E-state index contributed by atoms with van der Waals surface area (Å²) in [5, 5.41) is 0. The van der Waals surface area contributed by atoms with Crippen LogP contribution >= 0.6 is 31.9 Å². The molecule has 2 aromatic rings. The number of hydrogen-bond acceptors (Lipinski definition) is 0. The molecule has 0 amide bonds. The molecule has 0 nitrogen and oxygen atoms in total. The minimum absolute atomic E-state index is 0.0989. The first-order valence-electron chi connectivity index (χ1n) is 8.57. The van der Waals surface area contributed by atoms with Crippen molar-refractivity contribution in [2.75, 3.05) is 0 Å². The van der Waals surface area contributed by atoms with Crippen LogP contribution in [0.2, 0.25) is 0 Å². The minimum Gasteiger partial charge on any atom is -0.0651 e. The molecule has 0 heterocycles. The molecular weight excluding hydrogens is 412 g/mol. The van der Waals surface area contributed by atoms with Crippen molar-refractivity contribution in [3.8, 4) is 11.1 Å². The van der Waals surface area contributed by atoms with Gasteiger partial charge in [0.15, 0.2) is 0 Å². The largest absolute Gasteiger partial charge is 0.0651 e. The predicted octanol–water partition coefficient (Wildman–Crippen LogP) is 7.57. The number of hydrogen-bond donors (Lipinski definition) is 0. The second-order valence-electron chi connectivity index (χ2n) is 6.87. The quantitative estimate of drug-likeness (QED) is 0.464. The highest BCUT2D eigenvalue weighted by molar-refractivity contribution is 9.10. The first-order valence-corrected chi connectivity index (χ1v) is 10.2. The van der Waals surface area contributed by atoms with Gasteiger partial charge in [0.1, 0.15) is 0 Å². The standard InChI is InChI=1S/C21H24Br2/c1-5-13(3)21(14(4)6-2)19-11-15(22)7-9-17(19)18-10-8-16(23)12-20(18)21/h7-14H,5-6H2,1-4H3. The van der Waals surface area contributed by atoms with Gasteiger partial charge in [-0.3, -0.25) is 0 Å². The van der Waals surface area contributed by atoms with Crippen molar-refractivity contribution < 1.29 is 0 Å². The van der Waals surface area contributed by atoms with Crippen LogP contribution in [-0.2, 0) is 5.41 Å². The zero-order valence-corrected chi connectivity index (χ0v) is 17.5. The van der Waals surface area contributed by atoms with Crippen LogP contribution < -0.4 is 0 Å². The molecule has 2 unspecified atom stereocenters. The number of fused-ring (bicyclic) bond motifs is 3. The Bertz CT molecular complexity index is 669. The van der Waals surface area contributed by atoms with Crippen LogP contribution in [0.25, 0.3) is 11.1 Å². The van der Waals surface area contributed by atoms with E-state index in [-0.39, 0.29) is 5.41 Å². The molecule has 0 aliphatic heterocycles. The molecule has 2 aromatic carbocycles. The minimum atomic E-state index is 0.0989. The van der Waals surface area contributed by atoms with Gasteiger partial charge in [0, 0.05) is 14.4 Å². The highest BCUT2D eigenvalue weighted by atomic mass is 79.9. The average Bonchev–Trinajstić information content (AvgIpc) is 2.83. The first kappa shape index (κ1) is 17.2. The Hall–Kier alpha value is -0.600. The Labute approximate surface area is 157 Å². The molecule has 1 aliphatic rings. The lowest BCUT2D eigenvalue weighted by atomic mass is 9.60. The molecule has 0 saturated carbocycles. The van der Waals surface area contributed by atoms with Gasteiger partial charge < -0.3 is 0 Å². The monoisotopic (exact) mass is 434 g/mol. The zero-order chi connectivity index (χ0) is 16.8. The summed E-state index contributed by atoms with van der Waals surface area (Å²) in [6.07, 6.45) is 2.37. The Morgan fingerprint density at radius 2 is 1.17 bits per heavy atom. The van der Waals surface area contributed by atoms with E-state index in [9.17, 15) is 0 Å². The van der Waals surface area contributed by atoms with Gasteiger partial charge in [-0.15, -0.1) is 0 Å². The molecule has 2 atom stereocenters. The fourth-order valence-electron chi connectivity index (χ4n) is 4.52. The Kier molecular flexibility index (Phi) is 4.77. The summed E-state index contributed by atoms with van der Waals surface area (Å²) in [5.41, 5.74) is 5.93. The van der Waals surface area contributed by atoms with Crippen molar-refractivity contribution in [1.82, 2.24) is 0 Å². The maximum absolute atomic E-state index is 3.71. The van der Waals surface area contributed by atoms with Crippen molar-refractivity contribution in [3.05, 3.63) is 56.5 Å². The highest BCUT2D eigenvalue weighted by Crippen LogP contribution is 2.58. The van der Waals surface area contributed by atoms with Gasteiger partial charge in [0.2, 0.25) is 0 Å². The van der Waals surface area contributed by atoms with Crippen molar-refractivity contribution in [2.24, 2.45) is 11.8 Å². The van der Waals surface area contributed by atoms with E-state index < -0.39 is 0 Å². The molecule has 2 heteroatoms. The Morgan fingerprint density at radius 1 is 0.783 bits per heavy atom. The molecule has 23 heavy (non-hydrogen) atoms. The van der Waals surface area contributed by atoms with Gasteiger partial charge in [-0.2, -0.15) is 0 Å². The third kappa shape index (κ3) is 2.44. The van der Waals surface area contributed by atoms with Crippen LogP contribution in [0.1, 0.15) is 51.7 Å². The summed E-state index contributed by atoms with van der Waals surface area (Å²) < 4.78 is 2.36. The van der Waals surface area contributed by atoms with E-state index in [0.29, 0.717) is 11.8 Å². The van der Waals surface area contributed by atoms with E-state index in [4.69, 9.17) is 0 Å². The number of benzene rings is 2. The molecule has 0 spiro atoms. The second-order valence-corrected chi connectivity index (χ2v) is 8.70. The molecule has 0 fully saturated rings. The van der Waals surface area contributed by atoms with Gasteiger partial charge in [-0.05, 0) is 58.4 Å². The van der Waals surface area contributed by atoms with Crippen molar-refractivity contribution in [2.45, 2.75) is 46.0 Å². The highest BCUT2D eigenvalue weighted by Gasteiger charge is 2.49. The molecule has 3 rings (SSSR count). The van der Waals surface area contributed by atoms with E-state index in [2.05, 4.69) is 96.0 Å². The average molecular weight is 436 g/mol. The normalized spacial score (nSPS) is 17.5. The molecule has 0 saturated heterocycles. The van der Waals surface area contributed by atoms with E-state index in [1.165, 1.54) is 44.0 Å². The summed E-state index contributed by atoms with van der Waals surface area (Å²) in [6, 6.07) is 13.7. The van der Waals surface area contributed by atoms with Gasteiger partial charge in [0.25, 0.3) is 0 Å². The summed E-state index contributed by atoms with van der Waals surface area (Å²) in [5.74, 6) is 1.20. The topological polar surface area (TPSA) is 0 Å². The Balaban J connectivity index is 2.42. The van der Waals surface area contributed by atoms with E-state index in [0.717, 1.165) is 0 Å². The smallest absolute Gasteiger partial charge is 0.0266 e. The molecule has 0 bridgehead atoms. The number of halogens is 2. The van der Waals surface area contributed by atoms with Gasteiger partial charge in [0.05, 0.1) is 0 Å². The summed E-state index contributed by atoms with van der Waals surface area (Å²) in [4.78, 5) is 0. The summed E-state index contributed by atoms with van der Waals surface area (Å²) in [6.45, 7) is 9.49. The molecule has 0 aromatic heterocycles. The third-order valence-electron chi connectivity index (χ3n) is 5.92. The SMILES string of the molecule is CCC(C)C1(C(C)CC)c2cc(Br)ccc2-c2ccc(Br)cc21. The second kappa shape index (κ2) is 6.37. The molecule has 122 valence electrons. The predicted molar refractivity (Wildman–Crippen MR) is 107 cm³/mol. The molecule has 1 aliphatic carbocycles. The van der Waals surface area contributed by atoms with Gasteiger partial charge >= 0.3 is 0 Å². The van der Waals surface area contributed by atoms with Gasteiger partial charge in [-0.25, -0.2) is 0 Å².